The van der Waals surface area contributed by atoms with E-state index < -0.39 is 5.97 Å². The van der Waals surface area contributed by atoms with Gasteiger partial charge in [-0.2, -0.15) is 0 Å². The van der Waals surface area contributed by atoms with Crippen molar-refractivity contribution < 1.29 is 19.5 Å². The van der Waals surface area contributed by atoms with Gasteiger partial charge in [-0.1, -0.05) is 19.1 Å². The van der Waals surface area contributed by atoms with Gasteiger partial charge < -0.3 is 9.84 Å². The van der Waals surface area contributed by atoms with Crippen LogP contribution in [0.5, 0.6) is 5.75 Å². The van der Waals surface area contributed by atoms with Gasteiger partial charge in [-0.05, 0) is 38.0 Å². The van der Waals surface area contributed by atoms with Gasteiger partial charge >= 0.3 is 5.97 Å². The lowest BCUT2D eigenvalue weighted by Gasteiger charge is -2.11. The van der Waals surface area contributed by atoms with Crippen molar-refractivity contribution in [1.82, 2.24) is 10.5 Å². The average Bonchev–Trinajstić information content (AvgIpc) is 3.05. The van der Waals surface area contributed by atoms with Gasteiger partial charge in [0, 0.05) is 23.4 Å². The van der Waals surface area contributed by atoms with Crippen molar-refractivity contribution in [2.24, 2.45) is 0 Å². The highest BCUT2D eigenvalue weighted by Crippen LogP contribution is 2.18. The number of hydroxylamine groups is 1. The number of nitrogens with one attached hydrogen (secondary N) is 1. The fraction of sp³-hybridized carbons (Fsp3) is 0.400. The molecule has 0 radical (unpaired) electrons. The monoisotopic (exact) mass is 390 g/mol. The summed E-state index contributed by atoms with van der Waals surface area (Å²) in [6.45, 7) is 6.80. The van der Waals surface area contributed by atoms with E-state index in [1.165, 1.54) is 4.88 Å². The Morgan fingerprint density at radius 1 is 1.26 bits per heavy atom. The first-order chi connectivity index (χ1) is 13.0. The summed E-state index contributed by atoms with van der Waals surface area (Å²) in [7, 11) is 0. The number of benzene rings is 1. The summed E-state index contributed by atoms with van der Waals surface area (Å²) in [6.07, 6.45) is 1.99. The fourth-order valence-corrected chi connectivity index (χ4v) is 3.19. The SMILES string of the molecule is CCCONC(C)=C(Cc1ccc(OCCc2scnc2C)cc1)C(=O)O. The van der Waals surface area contributed by atoms with Gasteiger partial charge in [-0.15, -0.1) is 11.3 Å². The molecular formula is C20H26N2O4S. The maximum Gasteiger partial charge on any atom is 0.333 e. The Morgan fingerprint density at radius 3 is 2.59 bits per heavy atom. The number of allylic oxidation sites excluding steroid dienone is 1. The van der Waals surface area contributed by atoms with E-state index in [9.17, 15) is 9.90 Å². The van der Waals surface area contributed by atoms with Crippen LogP contribution in [0.2, 0.25) is 0 Å². The average molecular weight is 391 g/mol. The van der Waals surface area contributed by atoms with Crippen LogP contribution < -0.4 is 10.2 Å². The molecule has 0 saturated carbocycles. The molecule has 0 aliphatic heterocycles. The van der Waals surface area contributed by atoms with E-state index >= 15 is 0 Å². The molecule has 1 heterocycles. The molecule has 0 aliphatic rings. The third kappa shape index (κ3) is 6.69. The number of ether oxygens (including phenoxy) is 1. The molecule has 0 spiro atoms. The van der Waals surface area contributed by atoms with Crippen molar-refractivity contribution in [3.8, 4) is 5.75 Å². The van der Waals surface area contributed by atoms with Crippen molar-refractivity contribution in [1.29, 1.82) is 0 Å². The number of aromatic nitrogens is 1. The lowest BCUT2D eigenvalue weighted by Crippen LogP contribution is -2.18. The second-order valence-electron chi connectivity index (χ2n) is 6.14. The Bertz CT molecular complexity index is 769. The van der Waals surface area contributed by atoms with Gasteiger partial charge in [-0.3, -0.25) is 10.3 Å². The van der Waals surface area contributed by atoms with Crippen LogP contribution in [-0.2, 0) is 22.5 Å². The number of hydrogen-bond acceptors (Lipinski definition) is 6. The van der Waals surface area contributed by atoms with Crippen LogP contribution in [0, 0.1) is 6.92 Å². The highest BCUT2D eigenvalue weighted by atomic mass is 32.1. The molecule has 0 fully saturated rings. The second kappa shape index (κ2) is 10.7. The fourth-order valence-electron chi connectivity index (χ4n) is 2.43. The molecule has 146 valence electrons. The molecule has 0 aliphatic carbocycles. The number of rotatable bonds is 11. The van der Waals surface area contributed by atoms with Crippen molar-refractivity contribution in [2.45, 2.75) is 40.0 Å². The molecule has 0 bridgehead atoms. The first kappa shape index (κ1) is 20.9. The predicted molar refractivity (Wildman–Crippen MR) is 106 cm³/mol. The van der Waals surface area contributed by atoms with E-state index in [1.54, 1.807) is 18.3 Å². The Labute approximate surface area is 163 Å². The predicted octanol–water partition coefficient (Wildman–Crippen LogP) is 3.91. The van der Waals surface area contributed by atoms with Gasteiger partial charge in [-0.25, -0.2) is 9.78 Å². The summed E-state index contributed by atoms with van der Waals surface area (Å²) in [5, 5.41) is 9.46. The summed E-state index contributed by atoms with van der Waals surface area (Å²) in [4.78, 5) is 22.2. The molecule has 6 nitrogen and oxygen atoms in total. The zero-order valence-corrected chi connectivity index (χ0v) is 16.8. The quantitative estimate of drug-likeness (QED) is 0.344. The summed E-state index contributed by atoms with van der Waals surface area (Å²) < 4.78 is 5.77. The molecule has 0 unspecified atom stereocenters. The summed E-state index contributed by atoms with van der Waals surface area (Å²) in [5.41, 5.74) is 7.30. The summed E-state index contributed by atoms with van der Waals surface area (Å²) in [5.74, 6) is -0.191. The standard InChI is InChI=1S/C20H26N2O4S/c1-4-10-26-22-14(2)18(20(23)24)12-16-5-7-17(8-6-16)25-11-9-19-15(3)21-13-27-19/h5-8,13,22H,4,9-12H2,1-3H3,(H,23,24). The lowest BCUT2D eigenvalue weighted by atomic mass is 10.0. The third-order valence-corrected chi connectivity index (χ3v) is 4.98. The van der Waals surface area contributed by atoms with Crippen molar-refractivity contribution in [3.05, 3.63) is 57.2 Å². The number of thiazole rings is 1. The van der Waals surface area contributed by atoms with E-state index in [0.717, 1.165) is 29.8 Å². The van der Waals surface area contributed by atoms with E-state index in [4.69, 9.17) is 9.57 Å². The van der Waals surface area contributed by atoms with Gasteiger partial charge in [0.2, 0.25) is 0 Å². The van der Waals surface area contributed by atoms with Crippen molar-refractivity contribution in [2.75, 3.05) is 13.2 Å². The molecule has 2 N–H and O–H groups in total. The van der Waals surface area contributed by atoms with Crippen LogP contribution in [0.3, 0.4) is 0 Å². The largest absolute Gasteiger partial charge is 0.493 e. The van der Waals surface area contributed by atoms with Crippen LogP contribution >= 0.6 is 11.3 Å². The number of hydrogen-bond donors (Lipinski definition) is 2. The van der Waals surface area contributed by atoms with Crippen LogP contribution in [0.25, 0.3) is 0 Å². The van der Waals surface area contributed by atoms with Crippen LogP contribution in [0.1, 0.15) is 36.4 Å². The summed E-state index contributed by atoms with van der Waals surface area (Å²) >= 11 is 1.64. The van der Waals surface area contributed by atoms with Crippen molar-refractivity contribution in [3.63, 3.8) is 0 Å². The van der Waals surface area contributed by atoms with Gasteiger partial charge in [0.15, 0.2) is 0 Å². The van der Waals surface area contributed by atoms with E-state index in [1.807, 2.05) is 43.6 Å². The molecule has 0 atom stereocenters. The van der Waals surface area contributed by atoms with Crippen molar-refractivity contribution >= 4 is 17.3 Å². The number of nitrogens with zero attached hydrogens (tertiary/aromatic N) is 1. The molecule has 1 aromatic heterocycles. The molecular weight excluding hydrogens is 364 g/mol. The zero-order valence-electron chi connectivity index (χ0n) is 15.9. The molecule has 7 heteroatoms. The number of aryl methyl sites for hydroxylation is 1. The minimum absolute atomic E-state index is 0.278. The number of carboxylic acid groups (broad SMARTS) is 1. The molecule has 2 rings (SSSR count). The van der Waals surface area contributed by atoms with E-state index in [2.05, 4.69) is 10.5 Å². The molecule has 0 saturated heterocycles. The minimum Gasteiger partial charge on any atom is -0.493 e. The topological polar surface area (TPSA) is 80.7 Å². The Morgan fingerprint density at radius 2 is 2.00 bits per heavy atom. The van der Waals surface area contributed by atoms with Crippen LogP contribution in [0.4, 0.5) is 0 Å². The maximum absolute atomic E-state index is 11.5. The Hall–Kier alpha value is -2.38. The lowest BCUT2D eigenvalue weighted by molar-refractivity contribution is -0.132. The second-order valence-corrected chi connectivity index (χ2v) is 7.08. The zero-order chi connectivity index (χ0) is 19.6. The Balaban J connectivity index is 1.91. The maximum atomic E-state index is 11.5. The first-order valence-corrected chi connectivity index (χ1v) is 9.80. The van der Waals surface area contributed by atoms with Gasteiger partial charge in [0.25, 0.3) is 0 Å². The molecule has 1 aromatic carbocycles. The normalized spacial score (nSPS) is 11.8. The van der Waals surface area contributed by atoms with E-state index in [0.29, 0.717) is 25.3 Å². The highest BCUT2D eigenvalue weighted by molar-refractivity contribution is 7.09. The minimum atomic E-state index is -0.958. The third-order valence-electron chi connectivity index (χ3n) is 3.99. The molecule has 27 heavy (non-hydrogen) atoms. The highest BCUT2D eigenvalue weighted by Gasteiger charge is 2.13. The van der Waals surface area contributed by atoms with E-state index in [-0.39, 0.29) is 5.57 Å². The van der Waals surface area contributed by atoms with Crippen LogP contribution in [-0.4, -0.2) is 29.3 Å². The molecule has 0 amide bonds. The van der Waals surface area contributed by atoms with Gasteiger partial charge in [0.05, 0.1) is 30.0 Å². The summed E-state index contributed by atoms with van der Waals surface area (Å²) in [6, 6.07) is 7.50. The van der Waals surface area contributed by atoms with Gasteiger partial charge in [0.1, 0.15) is 5.75 Å². The number of carbonyl (C=O) groups is 1. The first-order valence-electron chi connectivity index (χ1n) is 8.92. The number of aliphatic carboxylic acids is 1. The molecule has 2 aromatic rings. The number of carboxylic acids is 1. The smallest absolute Gasteiger partial charge is 0.333 e. The Kier molecular flexibility index (Phi) is 8.29. The van der Waals surface area contributed by atoms with Crippen LogP contribution in [0.15, 0.2) is 41.0 Å².